The molecule has 1 aliphatic rings. The molecule has 3 aromatic rings. The molecule has 3 aromatic carbocycles. The second-order valence-corrected chi connectivity index (χ2v) is 10.2. The maximum atomic E-state index is 13.5. The second-order valence-electron chi connectivity index (χ2n) is 8.20. The van der Waals surface area contributed by atoms with E-state index in [1.54, 1.807) is 24.3 Å². The molecule has 186 valence electrons. The highest BCUT2D eigenvalue weighted by Crippen LogP contribution is 2.19. The molecule has 1 heterocycles. The number of benzene rings is 3. The van der Waals surface area contributed by atoms with Crippen LogP contribution in [-0.2, 0) is 14.6 Å². The topological polar surface area (TPSA) is 104 Å². The summed E-state index contributed by atoms with van der Waals surface area (Å²) in [5, 5.41) is 0.559. The summed E-state index contributed by atoms with van der Waals surface area (Å²) in [6.45, 7) is 0.473. The lowest BCUT2D eigenvalue weighted by molar-refractivity contribution is -0.132. The Kier molecular flexibility index (Phi) is 7.44. The Morgan fingerprint density at radius 2 is 1.25 bits per heavy atom. The van der Waals surface area contributed by atoms with Crippen LogP contribution >= 0.6 is 0 Å². The van der Waals surface area contributed by atoms with Crippen LogP contribution in [0, 0.1) is 5.82 Å². The number of nitrogens with one attached hydrogen (secondary N) is 1. The molecule has 1 saturated heterocycles. The molecule has 1 fully saturated rings. The van der Waals surface area contributed by atoms with E-state index in [2.05, 4.69) is 5.32 Å². The van der Waals surface area contributed by atoms with E-state index in [0.29, 0.717) is 5.56 Å². The molecule has 8 nitrogen and oxygen atoms in total. The van der Waals surface area contributed by atoms with E-state index in [1.807, 2.05) is 0 Å². The van der Waals surface area contributed by atoms with Gasteiger partial charge in [-0.15, -0.1) is 0 Å². The summed E-state index contributed by atoms with van der Waals surface area (Å²) in [6, 6.07) is 20.6. The van der Waals surface area contributed by atoms with Gasteiger partial charge in [-0.1, -0.05) is 36.4 Å². The minimum atomic E-state index is -4.27. The van der Waals surface area contributed by atoms with Crippen LogP contribution in [0.25, 0.3) is 0 Å². The Labute approximate surface area is 208 Å². The fourth-order valence-corrected chi connectivity index (χ4v) is 5.37. The molecule has 3 amide bonds. The van der Waals surface area contributed by atoms with Gasteiger partial charge in [-0.2, -0.15) is 0 Å². The average Bonchev–Trinajstić information content (AvgIpc) is 2.92. The predicted molar refractivity (Wildman–Crippen MR) is 130 cm³/mol. The second kappa shape index (κ2) is 10.7. The molecule has 1 atom stereocenters. The highest BCUT2D eigenvalue weighted by Gasteiger charge is 2.39. The number of carbonyl (C=O) groups is 3. The Morgan fingerprint density at radius 3 is 1.83 bits per heavy atom. The largest absolute Gasteiger partial charge is 0.336 e. The van der Waals surface area contributed by atoms with Gasteiger partial charge in [0.2, 0.25) is 15.2 Å². The molecule has 0 spiro atoms. The van der Waals surface area contributed by atoms with Gasteiger partial charge < -0.3 is 15.1 Å². The summed E-state index contributed by atoms with van der Waals surface area (Å²) < 4.78 is 40.0. The predicted octanol–water partition coefficient (Wildman–Crippen LogP) is 2.34. The van der Waals surface area contributed by atoms with Gasteiger partial charge in [-0.25, -0.2) is 12.8 Å². The molecule has 0 aromatic heterocycles. The van der Waals surface area contributed by atoms with E-state index >= 15 is 0 Å². The molecule has 0 radical (unpaired) electrons. The van der Waals surface area contributed by atoms with Gasteiger partial charge >= 0.3 is 0 Å². The SMILES string of the molecule is O=C(N[C@@H](C(=O)N1CCN(C(=O)c2ccc(F)cc2)CC1)S(=O)(=O)c1ccccc1)c1ccccc1. The van der Waals surface area contributed by atoms with Gasteiger partial charge in [0.25, 0.3) is 17.7 Å². The third kappa shape index (κ3) is 5.44. The fourth-order valence-electron chi connectivity index (χ4n) is 3.88. The van der Waals surface area contributed by atoms with Gasteiger partial charge in [0, 0.05) is 37.3 Å². The summed E-state index contributed by atoms with van der Waals surface area (Å²) in [5.74, 6) is -2.24. The monoisotopic (exact) mass is 509 g/mol. The number of sulfone groups is 1. The normalized spacial score (nSPS) is 14.7. The lowest BCUT2D eigenvalue weighted by atomic mass is 10.1. The minimum absolute atomic E-state index is 0.0772. The first-order valence-corrected chi connectivity index (χ1v) is 12.8. The van der Waals surface area contributed by atoms with Gasteiger partial charge in [-0.3, -0.25) is 14.4 Å². The molecule has 10 heteroatoms. The Morgan fingerprint density at radius 1 is 0.722 bits per heavy atom. The third-order valence-electron chi connectivity index (χ3n) is 5.87. The first-order valence-electron chi connectivity index (χ1n) is 11.3. The Balaban J connectivity index is 1.53. The third-order valence-corrected chi connectivity index (χ3v) is 7.74. The number of amides is 3. The van der Waals surface area contributed by atoms with E-state index in [0.717, 1.165) is 0 Å². The first kappa shape index (κ1) is 25.1. The van der Waals surface area contributed by atoms with Crippen LogP contribution < -0.4 is 5.32 Å². The van der Waals surface area contributed by atoms with Crippen LogP contribution in [0.5, 0.6) is 0 Å². The molecule has 0 bridgehead atoms. The van der Waals surface area contributed by atoms with E-state index in [-0.39, 0.29) is 42.5 Å². The first-order chi connectivity index (χ1) is 17.3. The highest BCUT2D eigenvalue weighted by atomic mass is 32.2. The van der Waals surface area contributed by atoms with Crippen molar-refractivity contribution in [3.8, 4) is 0 Å². The quantitative estimate of drug-likeness (QED) is 0.550. The van der Waals surface area contributed by atoms with Crippen molar-refractivity contribution in [2.75, 3.05) is 26.2 Å². The van der Waals surface area contributed by atoms with Crippen LogP contribution in [-0.4, -0.2) is 67.5 Å². The van der Waals surface area contributed by atoms with Gasteiger partial charge in [-0.05, 0) is 48.5 Å². The van der Waals surface area contributed by atoms with Gasteiger partial charge in [0.1, 0.15) is 5.82 Å². The van der Waals surface area contributed by atoms with Gasteiger partial charge in [0.15, 0.2) is 0 Å². The zero-order chi connectivity index (χ0) is 25.7. The maximum Gasteiger partial charge on any atom is 0.261 e. The number of nitrogens with zero attached hydrogens (tertiary/aromatic N) is 2. The van der Waals surface area contributed by atoms with E-state index in [9.17, 15) is 27.2 Å². The summed E-state index contributed by atoms with van der Waals surface area (Å²) >= 11 is 0. The lowest BCUT2D eigenvalue weighted by Crippen LogP contribution is -2.57. The van der Waals surface area contributed by atoms with Crippen molar-refractivity contribution < 1.29 is 27.2 Å². The zero-order valence-electron chi connectivity index (χ0n) is 19.2. The smallest absolute Gasteiger partial charge is 0.261 e. The number of hydrogen-bond acceptors (Lipinski definition) is 5. The summed E-state index contributed by atoms with van der Waals surface area (Å²) in [5.41, 5.74) is 0.532. The molecular weight excluding hydrogens is 485 g/mol. The van der Waals surface area contributed by atoms with Crippen molar-refractivity contribution in [3.05, 3.63) is 102 Å². The number of halogens is 1. The molecule has 0 saturated carbocycles. The molecule has 36 heavy (non-hydrogen) atoms. The van der Waals surface area contributed by atoms with E-state index in [4.69, 9.17) is 0 Å². The minimum Gasteiger partial charge on any atom is -0.336 e. The number of piperazine rings is 1. The maximum absolute atomic E-state index is 13.5. The summed E-state index contributed by atoms with van der Waals surface area (Å²) in [6.07, 6.45) is 0. The molecule has 0 unspecified atom stereocenters. The molecule has 4 rings (SSSR count). The average molecular weight is 510 g/mol. The van der Waals surface area contributed by atoms with Crippen molar-refractivity contribution in [2.45, 2.75) is 10.3 Å². The molecule has 1 N–H and O–H groups in total. The summed E-state index contributed by atoms with van der Waals surface area (Å²) in [7, 11) is -4.27. The van der Waals surface area contributed by atoms with Crippen molar-refractivity contribution in [2.24, 2.45) is 0 Å². The number of rotatable bonds is 6. The summed E-state index contributed by atoms with van der Waals surface area (Å²) in [4.78, 5) is 41.7. The van der Waals surface area contributed by atoms with Crippen molar-refractivity contribution >= 4 is 27.6 Å². The Hall–Kier alpha value is -4.05. The van der Waals surface area contributed by atoms with E-state index < -0.39 is 32.8 Å². The molecule has 0 aliphatic carbocycles. The molecule has 1 aliphatic heterocycles. The van der Waals surface area contributed by atoms with Crippen molar-refractivity contribution in [1.29, 1.82) is 0 Å². The van der Waals surface area contributed by atoms with Crippen molar-refractivity contribution in [1.82, 2.24) is 15.1 Å². The van der Waals surface area contributed by atoms with Crippen LogP contribution in [0.3, 0.4) is 0 Å². The molecular formula is C26H24FN3O5S. The standard InChI is InChI=1S/C26H24FN3O5S/c27-21-13-11-20(12-14-21)25(32)29-15-17-30(18-16-29)26(33)24(28-23(31)19-7-3-1-4-8-19)36(34,35)22-9-5-2-6-10-22/h1-14,24H,15-18H2,(H,28,31)/t24-/m1/s1. The van der Waals surface area contributed by atoms with Gasteiger partial charge in [0.05, 0.1) is 4.90 Å². The van der Waals surface area contributed by atoms with Crippen molar-refractivity contribution in [3.63, 3.8) is 0 Å². The van der Waals surface area contributed by atoms with Crippen LogP contribution in [0.4, 0.5) is 4.39 Å². The van der Waals surface area contributed by atoms with Crippen LogP contribution in [0.2, 0.25) is 0 Å². The fraction of sp³-hybridized carbons (Fsp3) is 0.192. The van der Waals surface area contributed by atoms with Crippen LogP contribution in [0.15, 0.2) is 89.8 Å². The Bertz CT molecular complexity index is 1340. The number of hydrogen-bond donors (Lipinski definition) is 1. The van der Waals surface area contributed by atoms with E-state index in [1.165, 1.54) is 70.5 Å². The lowest BCUT2D eigenvalue weighted by Gasteiger charge is -2.36. The highest BCUT2D eigenvalue weighted by molar-refractivity contribution is 7.92. The zero-order valence-corrected chi connectivity index (χ0v) is 20.0. The number of carbonyl (C=O) groups excluding carboxylic acids is 3. The van der Waals surface area contributed by atoms with Crippen LogP contribution in [0.1, 0.15) is 20.7 Å².